The Morgan fingerprint density at radius 1 is 1.10 bits per heavy atom. The molecule has 0 aromatic heterocycles. The number of aliphatic hydroxyl groups excluding tert-OH is 1. The fourth-order valence-corrected chi connectivity index (χ4v) is 3.58. The van der Waals surface area contributed by atoms with Gasteiger partial charge in [-0.1, -0.05) is 24.3 Å². The lowest BCUT2D eigenvalue weighted by Gasteiger charge is -2.27. The Kier molecular flexibility index (Phi) is 8.16. The van der Waals surface area contributed by atoms with E-state index in [9.17, 15) is 5.11 Å². The minimum Gasteiger partial charge on any atom is -0.493 e. The zero-order valence-electron chi connectivity index (χ0n) is 17.3. The second-order valence-corrected chi connectivity index (χ2v) is 7.30. The number of nitrogens with zero attached hydrogens (tertiary/aromatic N) is 1. The highest BCUT2D eigenvalue weighted by atomic mass is 16.5. The Morgan fingerprint density at radius 2 is 1.90 bits per heavy atom. The van der Waals surface area contributed by atoms with Crippen LogP contribution in [-0.4, -0.2) is 62.7 Å². The number of para-hydroxylation sites is 1. The lowest BCUT2D eigenvalue weighted by atomic mass is 10.1. The molecule has 2 aromatic rings. The minimum absolute atomic E-state index is 0.206. The standard InChI is InChI=1S/C23H31NO5/c1-26-22-11-10-18(13-23(22)27-2)14-24(16-21-9-6-12-28-21)15-19(25)17-29-20-7-4-3-5-8-20/h3-5,7-8,10-11,13,19,21,25H,6,9,12,14-17H2,1-2H3/t19-,21+/m1/s1. The van der Waals surface area contributed by atoms with E-state index in [1.807, 2.05) is 48.5 Å². The van der Waals surface area contributed by atoms with Crippen LogP contribution in [0.3, 0.4) is 0 Å². The molecule has 29 heavy (non-hydrogen) atoms. The zero-order valence-corrected chi connectivity index (χ0v) is 17.3. The van der Waals surface area contributed by atoms with E-state index in [0.29, 0.717) is 24.6 Å². The summed E-state index contributed by atoms with van der Waals surface area (Å²) in [4.78, 5) is 2.22. The number of benzene rings is 2. The summed E-state index contributed by atoms with van der Waals surface area (Å²) in [6, 6.07) is 15.5. The first-order valence-corrected chi connectivity index (χ1v) is 10.1. The topological polar surface area (TPSA) is 60.4 Å². The fourth-order valence-electron chi connectivity index (χ4n) is 3.58. The highest BCUT2D eigenvalue weighted by Crippen LogP contribution is 2.28. The Bertz CT molecular complexity index is 733. The molecule has 1 N–H and O–H groups in total. The molecule has 0 radical (unpaired) electrons. The van der Waals surface area contributed by atoms with Gasteiger partial charge in [0.25, 0.3) is 0 Å². The van der Waals surface area contributed by atoms with Crippen molar-refractivity contribution in [1.82, 2.24) is 4.90 Å². The van der Waals surface area contributed by atoms with Gasteiger partial charge in [0.15, 0.2) is 11.5 Å². The van der Waals surface area contributed by atoms with Crippen LogP contribution in [-0.2, 0) is 11.3 Å². The average molecular weight is 402 g/mol. The Morgan fingerprint density at radius 3 is 2.59 bits per heavy atom. The largest absolute Gasteiger partial charge is 0.493 e. The average Bonchev–Trinajstić information content (AvgIpc) is 3.26. The first kappa shape index (κ1) is 21.4. The molecule has 0 bridgehead atoms. The SMILES string of the molecule is COc1ccc(CN(C[C@@H](O)COc2ccccc2)C[C@@H]2CCCO2)cc1OC. The molecule has 6 heteroatoms. The van der Waals surface area contributed by atoms with Gasteiger partial charge in [-0.25, -0.2) is 0 Å². The van der Waals surface area contributed by atoms with Crippen molar-refractivity contribution in [2.24, 2.45) is 0 Å². The van der Waals surface area contributed by atoms with Crippen LogP contribution in [0.15, 0.2) is 48.5 Å². The Balaban J connectivity index is 1.62. The molecule has 1 aliphatic rings. The minimum atomic E-state index is -0.600. The van der Waals surface area contributed by atoms with Crippen LogP contribution >= 0.6 is 0 Å². The van der Waals surface area contributed by atoms with Crippen LogP contribution < -0.4 is 14.2 Å². The molecule has 1 fully saturated rings. The van der Waals surface area contributed by atoms with Gasteiger partial charge < -0.3 is 24.1 Å². The molecule has 0 spiro atoms. The third-order valence-electron chi connectivity index (χ3n) is 4.99. The molecular formula is C23H31NO5. The molecular weight excluding hydrogens is 370 g/mol. The summed E-state index contributed by atoms with van der Waals surface area (Å²) in [7, 11) is 3.26. The van der Waals surface area contributed by atoms with Gasteiger partial charge in [0.2, 0.25) is 0 Å². The lowest BCUT2D eigenvalue weighted by Crippen LogP contribution is -2.39. The Hall–Kier alpha value is -2.28. The highest BCUT2D eigenvalue weighted by Gasteiger charge is 2.22. The molecule has 158 valence electrons. The first-order valence-electron chi connectivity index (χ1n) is 10.1. The fraction of sp³-hybridized carbons (Fsp3) is 0.478. The van der Waals surface area contributed by atoms with Crippen molar-refractivity contribution in [2.45, 2.75) is 31.6 Å². The normalized spacial score (nSPS) is 17.3. The number of hydrogen-bond donors (Lipinski definition) is 1. The summed E-state index contributed by atoms with van der Waals surface area (Å²) in [5, 5.41) is 10.6. The molecule has 2 aromatic carbocycles. The van der Waals surface area contributed by atoms with E-state index >= 15 is 0 Å². The Labute approximate surface area is 173 Å². The number of hydrogen-bond acceptors (Lipinski definition) is 6. The van der Waals surface area contributed by atoms with Crippen LogP contribution in [0.4, 0.5) is 0 Å². The maximum Gasteiger partial charge on any atom is 0.161 e. The predicted molar refractivity (Wildman–Crippen MR) is 112 cm³/mol. The molecule has 0 saturated carbocycles. The van der Waals surface area contributed by atoms with E-state index in [1.165, 1.54) is 0 Å². The van der Waals surface area contributed by atoms with Crippen molar-refractivity contribution in [2.75, 3.05) is 40.5 Å². The van der Waals surface area contributed by atoms with E-state index in [2.05, 4.69) is 4.90 Å². The number of ether oxygens (including phenoxy) is 4. The van der Waals surface area contributed by atoms with Crippen molar-refractivity contribution in [3.8, 4) is 17.2 Å². The van der Waals surface area contributed by atoms with Gasteiger partial charge in [-0.3, -0.25) is 4.90 Å². The quantitative estimate of drug-likeness (QED) is 0.624. The number of methoxy groups -OCH3 is 2. The molecule has 1 heterocycles. The van der Waals surface area contributed by atoms with Crippen molar-refractivity contribution >= 4 is 0 Å². The summed E-state index contributed by atoms with van der Waals surface area (Å²) in [5.41, 5.74) is 1.09. The van der Waals surface area contributed by atoms with E-state index in [-0.39, 0.29) is 12.7 Å². The van der Waals surface area contributed by atoms with Crippen molar-refractivity contribution < 1.29 is 24.1 Å². The molecule has 2 atom stereocenters. The van der Waals surface area contributed by atoms with Crippen LogP contribution in [0.25, 0.3) is 0 Å². The maximum absolute atomic E-state index is 10.6. The molecule has 0 unspecified atom stereocenters. The molecule has 0 amide bonds. The lowest BCUT2D eigenvalue weighted by molar-refractivity contribution is 0.0313. The summed E-state index contributed by atoms with van der Waals surface area (Å²) in [5.74, 6) is 2.17. The summed E-state index contributed by atoms with van der Waals surface area (Å²) in [6.45, 7) is 3.02. The van der Waals surface area contributed by atoms with E-state index < -0.39 is 6.10 Å². The van der Waals surface area contributed by atoms with Gasteiger partial charge in [-0.15, -0.1) is 0 Å². The van der Waals surface area contributed by atoms with Gasteiger partial charge in [0, 0.05) is 26.2 Å². The molecule has 0 aliphatic carbocycles. The van der Waals surface area contributed by atoms with Crippen LogP contribution in [0.1, 0.15) is 18.4 Å². The maximum atomic E-state index is 10.6. The van der Waals surface area contributed by atoms with E-state index in [4.69, 9.17) is 18.9 Å². The van der Waals surface area contributed by atoms with E-state index in [1.54, 1.807) is 14.2 Å². The summed E-state index contributed by atoms with van der Waals surface area (Å²) in [6.07, 6.45) is 1.75. The van der Waals surface area contributed by atoms with Crippen molar-refractivity contribution in [1.29, 1.82) is 0 Å². The third kappa shape index (κ3) is 6.63. The van der Waals surface area contributed by atoms with Gasteiger partial charge in [-0.2, -0.15) is 0 Å². The van der Waals surface area contributed by atoms with Gasteiger partial charge in [0.05, 0.1) is 20.3 Å². The molecule has 3 rings (SSSR count). The first-order chi connectivity index (χ1) is 14.2. The second kappa shape index (κ2) is 11.0. The monoisotopic (exact) mass is 401 g/mol. The van der Waals surface area contributed by atoms with Crippen LogP contribution in [0.5, 0.6) is 17.2 Å². The smallest absolute Gasteiger partial charge is 0.161 e. The molecule has 1 saturated heterocycles. The van der Waals surface area contributed by atoms with Crippen LogP contribution in [0.2, 0.25) is 0 Å². The van der Waals surface area contributed by atoms with Gasteiger partial charge in [0.1, 0.15) is 18.5 Å². The number of rotatable bonds is 11. The zero-order chi connectivity index (χ0) is 20.5. The van der Waals surface area contributed by atoms with E-state index in [0.717, 1.165) is 37.3 Å². The predicted octanol–water partition coefficient (Wildman–Crippen LogP) is 3.12. The van der Waals surface area contributed by atoms with Gasteiger partial charge in [-0.05, 0) is 42.7 Å². The summed E-state index contributed by atoms with van der Waals surface area (Å²) >= 11 is 0. The number of aliphatic hydroxyl groups is 1. The van der Waals surface area contributed by atoms with Crippen molar-refractivity contribution in [3.05, 3.63) is 54.1 Å². The molecule has 1 aliphatic heterocycles. The van der Waals surface area contributed by atoms with Crippen molar-refractivity contribution in [3.63, 3.8) is 0 Å². The van der Waals surface area contributed by atoms with Crippen LogP contribution in [0, 0.1) is 0 Å². The third-order valence-corrected chi connectivity index (χ3v) is 4.99. The highest BCUT2D eigenvalue weighted by molar-refractivity contribution is 5.42. The second-order valence-electron chi connectivity index (χ2n) is 7.30. The van der Waals surface area contributed by atoms with Gasteiger partial charge >= 0.3 is 0 Å². The summed E-state index contributed by atoms with van der Waals surface area (Å²) < 4.78 is 22.3. The molecule has 6 nitrogen and oxygen atoms in total.